The smallest absolute Gasteiger partial charge is 0.264 e. The average Bonchev–Trinajstić information content (AvgIpc) is 4.04. The summed E-state index contributed by atoms with van der Waals surface area (Å²) in [5.41, 5.74) is 1.86. The van der Waals surface area contributed by atoms with Crippen LogP contribution in [-0.2, 0) is 37.0 Å². The van der Waals surface area contributed by atoms with E-state index in [0.29, 0.717) is 86.5 Å². The number of aliphatic imine (C=N–C) groups is 1. The number of hydrazone groups is 2. The molecule has 348 valence electrons. The first kappa shape index (κ1) is 44.6. The van der Waals surface area contributed by atoms with Crippen LogP contribution in [0.15, 0.2) is 94.2 Å². The second-order valence-electron chi connectivity index (χ2n) is 19.1. The maximum atomic E-state index is 13.9. The van der Waals surface area contributed by atoms with Crippen LogP contribution in [0.4, 0.5) is 26.3 Å². The number of carbonyl (C=O) groups excluding carboxylic acids is 2. The Labute approximate surface area is 381 Å². The van der Waals surface area contributed by atoms with Crippen molar-refractivity contribution in [2.45, 2.75) is 76.5 Å². The number of aromatic nitrogens is 2. The summed E-state index contributed by atoms with van der Waals surface area (Å²) in [7, 11) is -3.51. The Hall–Kier alpha value is -6.21. The third-order valence-corrected chi connectivity index (χ3v) is 14.7. The number of amides is 2. The predicted octanol–water partition coefficient (Wildman–Crippen LogP) is 8.71. The molecule has 19 heteroatoms. The van der Waals surface area contributed by atoms with E-state index >= 15 is 0 Å². The maximum absolute atomic E-state index is 13.9. The Kier molecular flexibility index (Phi) is 10.8. The lowest BCUT2D eigenvalue weighted by Gasteiger charge is -2.69. The van der Waals surface area contributed by atoms with Crippen molar-refractivity contribution in [2.75, 3.05) is 12.9 Å². The minimum atomic E-state index is -3.51. The molecule has 14 rings (SSSR count). The molecule has 4 heterocycles. The molecule has 9 aliphatic rings. The number of hydrogen-bond donors (Lipinski definition) is 0. The molecule has 2 amide bonds. The van der Waals surface area contributed by atoms with E-state index in [9.17, 15) is 44.3 Å². The van der Waals surface area contributed by atoms with Crippen LogP contribution >= 0.6 is 0 Å². The third kappa shape index (κ3) is 8.12. The van der Waals surface area contributed by atoms with Crippen LogP contribution in [0, 0.1) is 56.6 Å². The summed E-state index contributed by atoms with van der Waals surface area (Å²) in [4.78, 5) is 30.2. The first-order valence-corrected chi connectivity index (χ1v) is 23.6. The molecule has 2 unspecified atom stereocenters. The van der Waals surface area contributed by atoms with E-state index in [1.807, 2.05) is 16.8 Å². The van der Waals surface area contributed by atoms with Gasteiger partial charge in [-0.1, -0.05) is 18.2 Å². The molecule has 6 saturated carbocycles. The van der Waals surface area contributed by atoms with Gasteiger partial charge < -0.3 is 0 Å². The van der Waals surface area contributed by atoms with Gasteiger partial charge in [-0.25, -0.2) is 36.4 Å². The lowest BCUT2D eigenvalue weighted by molar-refractivity contribution is -0.226. The van der Waals surface area contributed by atoms with Gasteiger partial charge in [-0.3, -0.25) is 23.4 Å². The lowest BCUT2D eigenvalue weighted by atomic mass is 9.34. The second kappa shape index (κ2) is 16.2. The molecule has 0 saturated heterocycles. The maximum Gasteiger partial charge on any atom is 0.264 e. The van der Waals surface area contributed by atoms with Crippen molar-refractivity contribution < 1.29 is 48.5 Å². The molecule has 12 nitrogen and oxygen atoms in total. The molecule has 0 spiro atoms. The topological polar surface area (TPSA) is 139 Å². The van der Waals surface area contributed by atoms with Gasteiger partial charge in [-0.2, -0.15) is 23.7 Å². The largest absolute Gasteiger partial charge is 0.288 e. The number of benzene rings is 4. The number of nitrogens with zero attached hydrogens (tertiary/aromatic N) is 7. The van der Waals surface area contributed by atoms with Gasteiger partial charge in [0.15, 0.2) is 0 Å². The van der Waals surface area contributed by atoms with Crippen molar-refractivity contribution in [3.63, 3.8) is 0 Å². The zero-order valence-electron chi connectivity index (χ0n) is 36.0. The summed E-state index contributed by atoms with van der Waals surface area (Å²) in [6, 6.07) is 15.5. The van der Waals surface area contributed by atoms with Gasteiger partial charge in [-0.05, 0) is 109 Å². The molecular formula is C48H43F6N7O5S. The fourth-order valence-corrected chi connectivity index (χ4v) is 11.9. The lowest BCUT2D eigenvalue weighted by Crippen LogP contribution is -2.69. The molecule has 4 aromatic carbocycles. The summed E-state index contributed by atoms with van der Waals surface area (Å²) < 4.78 is 110. The molecule has 1 aromatic heterocycles. The van der Waals surface area contributed by atoms with Gasteiger partial charge >= 0.3 is 0 Å². The van der Waals surface area contributed by atoms with E-state index in [1.165, 1.54) is 46.4 Å². The molecule has 4 bridgehead atoms. The van der Waals surface area contributed by atoms with Gasteiger partial charge in [0.25, 0.3) is 10.1 Å². The monoisotopic (exact) mass is 943 g/mol. The van der Waals surface area contributed by atoms with E-state index in [0.717, 1.165) is 29.5 Å². The van der Waals surface area contributed by atoms with Crippen LogP contribution in [0.25, 0.3) is 10.9 Å². The zero-order chi connectivity index (χ0) is 47.1. The van der Waals surface area contributed by atoms with Gasteiger partial charge in [0.1, 0.15) is 34.9 Å². The summed E-state index contributed by atoms with van der Waals surface area (Å²) in [6.07, 6.45) is 11.9. The molecular weight excluding hydrogens is 901 g/mol. The van der Waals surface area contributed by atoms with Crippen LogP contribution in [0.1, 0.15) is 85.7 Å². The highest BCUT2D eigenvalue weighted by Crippen LogP contribution is 2.75. The van der Waals surface area contributed by atoms with Crippen molar-refractivity contribution in [1.29, 1.82) is 0 Å². The van der Waals surface area contributed by atoms with Gasteiger partial charge in [0.05, 0.1) is 59.4 Å². The van der Waals surface area contributed by atoms with Gasteiger partial charge in [-0.15, -0.1) is 0 Å². The highest BCUT2D eigenvalue weighted by atomic mass is 32.2. The van der Waals surface area contributed by atoms with Crippen molar-refractivity contribution in [3.8, 4) is 0 Å². The summed E-state index contributed by atoms with van der Waals surface area (Å²) in [6.45, 7) is 1.35. The summed E-state index contributed by atoms with van der Waals surface area (Å²) >= 11 is 0. The number of hydrogen-bond acceptors (Lipinski definition) is 9. The van der Waals surface area contributed by atoms with Crippen molar-refractivity contribution >= 4 is 51.5 Å². The summed E-state index contributed by atoms with van der Waals surface area (Å²) in [5.74, 6) is -3.44. The minimum Gasteiger partial charge on any atom is -0.288 e. The minimum absolute atomic E-state index is 0.0230. The molecule has 3 aliphatic heterocycles. The Morgan fingerprint density at radius 1 is 0.701 bits per heavy atom. The van der Waals surface area contributed by atoms with Crippen molar-refractivity contribution in [3.05, 3.63) is 136 Å². The predicted molar refractivity (Wildman–Crippen MR) is 234 cm³/mol. The fraction of sp³-hybridized carbons (Fsp3) is 0.375. The van der Waals surface area contributed by atoms with Crippen molar-refractivity contribution in [2.24, 2.45) is 36.9 Å². The Bertz CT molecular complexity index is 2990. The SMILES string of the molecule is CS(=O)(=O)OCC12CC(C(=O)N3N=CCC3c3cc(F)cc(F)c3)(C1)C2.Fc1cccc2c1C=NC2.O=C(N1N=CCC1c1cc(F)cc(F)c1)C12CC(Cn3ncc4c(F)cccc43)(C1)C2. The summed E-state index contributed by atoms with van der Waals surface area (Å²) in [5, 5.41) is 15.9. The molecule has 6 fully saturated rings. The van der Waals surface area contributed by atoms with Crippen LogP contribution in [0.2, 0.25) is 0 Å². The molecule has 0 N–H and O–H groups in total. The average molecular weight is 944 g/mol. The van der Waals surface area contributed by atoms with Crippen LogP contribution < -0.4 is 0 Å². The number of carbonyl (C=O) groups is 2. The highest BCUT2D eigenvalue weighted by molar-refractivity contribution is 7.86. The Balaban J connectivity index is 0.000000131. The fourth-order valence-electron chi connectivity index (χ4n) is 11.4. The quantitative estimate of drug-likeness (QED) is 0.107. The molecule has 2 atom stereocenters. The van der Waals surface area contributed by atoms with E-state index < -0.39 is 56.3 Å². The first-order chi connectivity index (χ1) is 31.9. The Morgan fingerprint density at radius 3 is 1.73 bits per heavy atom. The van der Waals surface area contributed by atoms with Gasteiger partial charge in [0.2, 0.25) is 11.8 Å². The molecule has 67 heavy (non-hydrogen) atoms. The number of fused-ring (bicyclic) bond motifs is 2. The van der Waals surface area contributed by atoms with E-state index in [1.54, 1.807) is 37.0 Å². The van der Waals surface area contributed by atoms with Crippen LogP contribution in [0.3, 0.4) is 0 Å². The zero-order valence-corrected chi connectivity index (χ0v) is 36.8. The molecule has 5 aromatic rings. The van der Waals surface area contributed by atoms with E-state index in [4.69, 9.17) is 4.18 Å². The normalized spacial score (nSPS) is 27.8. The standard InChI is InChI=1S/C23H19F3N4O.C17H18F2N2O4S.C8H6FN/c24-15-6-14(7-16(25)8-15)19-4-5-27-30(19)21(31)23-10-22(11-23,12-23)13-29-20-3-1-2-18(26)17(20)9-28-29;1-26(23,24)25-10-16-7-17(8-16,9-16)15(22)21-14(2-3-20-21)11-4-12(18)6-13(19)5-11;9-8-3-1-2-6-4-10-5-7(6)8/h1-3,5-9,19H,4,10-13H2;3-6,14H,2,7-10H2,1H3;1-3,5H,4H2. The van der Waals surface area contributed by atoms with Crippen LogP contribution in [0.5, 0.6) is 0 Å². The molecule has 0 radical (unpaired) electrons. The number of halogens is 6. The number of rotatable bonds is 9. The van der Waals surface area contributed by atoms with Crippen molar-refractivity contribution in [1.82, 2.24) is 19.8 Å². The van der Waals surface area contributed by atoms with E-state index in [-0.39, 0.29) is 40.9 Å². The third-order valence-electron chi connectivity index (χ3n) is 14.1. The van der Waals surface area contributed by atoms with E-state index in [2.05, 4.69) is 20.3 Å². The first-order valence-electron chi connectivity index (χ1n) is 21.7. The second-order valence-corrected chi connectivity index (χ2v) is 20.8. The van der Waals surface area contributed by atoms with Gasteiger partial charge in [0, 0.05) is 55.7 Å². The van der Waals surface area contributed by atoms with Crippen LogP contribution in [-0.4, -0.2) is 71.5 Å². The Morgan fingerprint density at radius 2 is 1.21 bits per heavy atom. The highest BCUT2D eigenvalue weighted by Gasteiger charge is 2.73. The molecule has 6 aliphatic carbocycles.